The van der Waals surface area contributed by atoms with Crippen LogP contribution in [0.1, 0.15) is 47.1 Å². The van der Waals surface area contributed by atoms with Crippen molar-refractivity contribution in [3.05, 3.63) is 27.7 Å². The maximum absolute atomic E-state index is 12.1. The van der Waals surface area contributed by atoms with Crippen molar-refractivity contribution in [1.82, 2.24) is 10.3 Å². The second-order valence-corrected chi connectivity index (χ2v) is 5.52. The van der Waals surface area contributed by atoms with Crippen molar-refractivity contribution >= 4 is 23.2 Å². The molecule has 0 aliphatic carbocycles. The summed E-state index contributed by atoms with van der Waals surface area (Å²) in [5.41, 5.74) is 0.658. The summed E-state index contributed by atoms with van der Waals surface area (Å²) in [5.74, 6) is -1.40. The van der Waals surface area contributed by atoms with Crippen LogP contribution in [0.15, 0.2) is 12.2 Å². The lowest BCUT2D eigenvalue weighted by Gasteiger charge is -2.11. The molecule has 1 atom stereocenters. The average molecular weight is 296 g/mol. The van der Waals surface area contributed by atoms with Gasteiger partial charge < -0.3 is 10.4 Å². The summed E-state index contributed by atoms with van der Waals surface area (Å²) in [6.07, 6.45) is 5.56. The van der Waals surface area contributed by atoms with E-state index in [2.05, 4.69) is 10.3 Å². The molecule has 0 aliphatic heterocycles. The lowest BCUT2D eigenvalue weighted by atomic mass is 10.2. The molecule has 0 aliphatic rings. The van der Waals surface area contributed by atoms with Crippen LogP contribution in [-0.4, -0.2) is 28.0 Å². The van der Waals surface area contributed by atoms with E-state index in [4.69, 9.17) is 5.11 Å². The Kier molecular flexibility index (Phi) is 6.38. The van der Waals surface area contributed by atoms with Crippen molar-refractivity contribution in [2.24, 2.45) is 0 Å². The van der Waals surface area contributed by atoms with Gasteiger partial charge in [0.2, 0.25) is 0 Å². The number of thiazole rings is 1. The smallest absolute Gasteiger partial charge is 0.326 e. The SMILES string of the molecule is C/C=C/CC(NC(=O)c1sc(CCC)nc1C)C(=O)O. The van der Waals surface area contributed by atoms with Gasteiger partial charge in [0.1, 0.15) is 10.9 Å². The Morgan fingerprint density at radius 1 is 1.50 bits per heavy atom. The number of carboxylic acids is 1. The van der Waals surface area contributed by atoms with Crippen LogP contribution in [0.4, 0.5) is 0 Å². The van der Waals surface area contributed by atoms with E-state index in [1.54, 1.807) is 19.1 Å². The van der Waals surface area contributed by atoms with Crippen molar-refractivity contribution < 1.29 is 14.7 Å². The van der Waals surface area contributed by atoms with Gasteiger partial charge >= 0.3 is 5.97 Å². The van der Waals surface area contributed by atoms with E-state index >= 15 is 0 Å². The largest absolute Gasteiger partial charge is 0.480 e. The summed E-state index contributed by atoms with van der Waals surface area (Å²) < 4.78 is 0. The van der Waals surface area contributed by atoms with E-state index in [9.17, 15) is 9.59 Å². The Morgan fingerprint density at radius 3 is 2.75 bits per heavy atom. The zero-order chi connectivity index (χ0) is 15.1. The van der Waals surface area contributed by atoms with Gasteiger partial charge in [0.05, 0.1) is 10.7 Å². The van der Waals surface area contributed by atoms with E-state index in [1.165, 1.54) is 11.3 Å². The van der Waals surface area contributed by atoms with Gasteiger partial charge in [-0.1, -0.05) is 19.1 Å². The monoisotopic (exact) mass is 296 g/mol. The molecule has 5 nitrogen and oxygen atoms in total. The Hall–Kier alpha value is -1.69. The molecular formula is C14H20N2O3S. The minimum absolute atomic E-state index is 0.275. The highest BCUT2D eigenvalue weighted by atomic mass is 32.1. The number of rotatable bonds is 7. The molecule has 1 aromatic heterocycles. The van der Waals surface area contributed by atoms with Crippen LogP contribution in [0.3, 0.4) is 0 Å². The fraction of sp³-hybridized carbons (Fsp3) is 0.500. The summed E-state index contributed by atoms with van der Waals surface area (Å²) in [4.78, 5) is 28.1. The second kappa shape index (κ2) is 7.79. The van der Waals surface area contributed by atoms with Crippen molar-refractivity contribution in [1.29, 1.82) is 0 Å². The maximum atomic E-state index is 12.1. The first-order valence-corrected chi connectivity index (χ1v) is 7.42. The van der Waals surface area contributed by atoms with Crippen LogP contribution in [-0.2, 0) is 11.2 Å². The number of carbonyl (C=O) groups is 2. The van der Waals surface area contributed by atoms with Crippen LogP contribution in [0.2, 0.25) is 0 Å². The quantitative estimate of drug-likeness (QED) is 0.758. The fourth-order valence-electron chi connectivity index (χ4n) is 1.70. The third-order valence-electron chi connectivity index (χ3n) is 2.72. The number of carboxylic acid groups (broad SMARTS) is 1. The van der Waals surface area contributed by atoms with Gasteiger partial charge in [-0.25, -0.2) is 9.78 Å². The molecule has 0 fully saturated rings. The predicted octanol–water partition coefficient (Wildman–Crippen LogP) is 2.55. The summed E-state index contributed by atoms with van der Waals surface area (Å²) in [5, 5.41) is 12.6. The van der Waals surface area contributed by atoms with Gasteiger partial charge in [0, 0.05) is 0 Å². The van der Waals surface area contributed by atoms with Crippen LogP contribution < -0.4 is 5.32 Å². The highest BCUT2D eigenvalue weighted by Crippen LogP contribution is 2.19. The van der Waals surface area contributed by atoms with Crippen LogP contribution in [0.25, 0.3) is 0 Å². The normalized spacial score (nSPS) is 12.6. The Labute approximate surface area is 122 Å². The summed E-state index contributed by atoms with van der Waals surface area (Å²) in [7, 11) is 0. The number of hydrogen-bond donors (Lipinski definition) is 2. The lowest BCUT2D eigenvalue weighted by Crippen LogP contribution is -2.40. The summed E-state index contributed by atoms with van der Waals surface area (Å²) >= 11 is 1.34. The van der Waals surface area contributed by atoms with Crippen molar-refractivity contribution in [3.8, 4) is 0 Å². The molecule has 0 bridgehead atoms. The van der Waals surface area contributed by atoms with Gasteiger partial charge in [-0.3, -0.25) is 4.79 Å². The van der Waals surface area contributed by atoms with Gasteiger partial charge in [0.25, 0.3) is 5.91 Å². The molecule has 20 heavy (non-hydrogen) atoms. The van der Waals surface area contributed by atoms with E-state index in [0.29, 0.717) is 10.6 Å². The van der Waals surface area contributed by atoms with Crippen molar-refractivity contribution in [3.63, 3.8) is 0 Å². The Balaban J connectivity index is 2.80. The molecular weight excluding hydrogens is 276 g/mol. The Morgan fingerprint density at radius 2 is 2.20 bits per heavy atom. The summed E-state index contributed by atoms with van der Waals surface area (Å²) in [6.45, 7) is 5.63. The minimum atomic E-state index is -1.03. The molecule has 0 aromatic carbocycles. The number of aromatic nitrogens is 1. The number of aryl methyl sites for hydroxylation is 2. The second-order valence-electron chi connectivity index (χ2n) is 4.44. The number of nitrogens with one attached hydrogen (secondary N) is 1. The van der Waals surface area contributed by atoms with Crippen LogP contribution in [0, 0.1) is 6.92 Å². The molecule has 1 aromatic rings. The molecule has 0 spiro atoms. The number of hydrogen-bond acceptors (Lipinski definition) is 4. The van der Waals surface area contributed by atoms with Crippen molar-refractivity contribution in [2.45, 2.75) is 46.1 Å². The van der Waals surface area contributed by atoms with Crippen LogP contribution in [0.5, 0.6) is 0 Å². The van der Waals surface area contributed by atoms with Gasteiger partial charge in [-0.05, 0) is 33.1 Å². The first-order chi connectivity index (χ1) is 9.49. The van der Waals surface area contributed by atoms with Crippen molar-refractivity contribution in [2.75, 3.05) is 0 Å². The molecule has 1 unspecified atom stereocenters. The third-order valence-corrected chi connectivity index (χ3v) is 3.94. The van der Waals surface area contributed by atoms with Gasteiger partial charge in [0.15, 0.2) is 0 Å². The van der Waals surface area contributed by atoms with E-state index in [0.717, 1.165) is 17.8 Å². The molecule has 0 saturated carbocycles. The number of allylic oxidation sites excluding steroid dienone is 1. The molecule has 1 heterocycles. The molecule has 1 amide bonds. The predicted molar refractivity (Wildman–Crippen MR) is 79.2 cm³/mol. The molecule has 110 valence electrons. The Bertz CT molecular complexity index is 509. The molecule has 1 rings (SSSR count). The van der Waals surface area contributed by atoms with E-state index in [-0.39, 0.29) is 12.3 Å². The fourth-order valence-corrected chi connectivity index (χ4v) is 2.77. The molecule has 2 N–H and O–H groups in total. The average Bonchev–Trinajstić information content (AvgIpc) is 2.75. The maximum Gasteiger partial charge on any atom is 0.326 e. The minimum Gasteiger partial charge on any atom is -0.480 e. The van der Waals surface area contributed by atoms with E-state index < -0.39 is 12.0 Å². The standard InChI is InChI=1S/C14H20N2O3S/c1-4-6-8-10(14(18)19)16-13(17)12-9(3)15-11(20-12)7-5-2/h4,6,10H,5,7-8H2,1-3H3,(H,16,17)(H,18,19)/b6-4+. The number of aliphatic carboxylic acids is 1. The van der Waals surface area contributed by atoms with Crippen LogP contribution >= 0.6 is 11.3 Å². The number of amides is 1. The highest BCUT2D eigenvalue weighted by molar-refractivity contribution is 7.13. The number of nitrogens with zero attached hydrogens (tertiary/aromatic N) is 1. The van der Waals surface area contributed by atoms with Gasteiger partial charge in [-0.2, -0.15) is 0 Å². The van der Waals surface area contributed by atoms with Gasteiger partial charge in [-0.15, -0.1) is 11.3 Å². The third kappa shape index (κ3) is 4.45. The first kappa shape index (κ1) is 16.4. The first-order valence-electron chi connectivity index (χ1n) is 6.60. The zero-order valence-corrected chi connectivity index (χ0v) is 12.8. The topological polar surface area (TPSA) is 79.3 Å². The zero-order valence-electron chi connectivity index (χ0n) is 12.0. The van der Waals surface area contributed by atoms with E-state index in [1.807, 2.05) is 13.8 Å². The summed E-state index contributed by atoms with van der Waals surface area (Å²) in [6, 6.07) is -0.908. The lowest BCUT2D eigenvalue weighted by molar-refractivity contribution is -0.139. The molecule has 6 heteroatoms. The number of carbonyl (C=O) groups excluding carboxylic acids is 1. The molecule has 0 radical (unpaired) electrons. The molecule has 0 saturated heterocycles. The highest BCUT2D eigenvalue weighted by Gasteiger charge is 2.22.